The number of carbonyl (C=O) groups excluding carboxylic acids is 1. The van der Waals surface area contributed by atoms with E-state index in [9.17, 15) is 9.90 Å². The third kappa shape index (κ3) is 3.48. The number of carbonyl (C=O) groups is 1. The lowest BCUT2D eigenvalue weighted by atomic mass is 9.78. The summed E-state index contributed by atoms with van der Waals surface area (Å²) in [6, 6.07) is 0. The monoisotopic (exact) mass is 268 g/mol. The van der Waals surface area contributed by atoms with Gasteiger partial charge in [0.2, 0.25) is 5.91 Å². The Hall–Kier alpha value is -0.610. The average molecular weight is 268 g/mol. The summed E-state index contributed by atoms with van der Waals surface area (Å²) in [5.41, 5.74) is -1.12. The number of amides is 1. The first kappa shape index (κ1) is 14.8. The molecule has 1 heterocycles. The molecule has 4 nitrogen and oxygen atoms in total. The summed E-state index contributed by atoms with van der Waals surface area (Å²) in [4.78, 5) is 12.2. The number of nitrogens with one attached hydrogen (secondary N) is 2. The Labute approximate surface area is 116 Å². The van der Waals surface area contributed by atoms with Crippen molar-refractivity contribution in [1.29, 1.82) is 0 Å². The topological polar surface area (TPSA) is 61.4 Å². The van der Waals surface area contributed by atoms with Crippen molar-refractivity contribution in [3.63, 3.8) is 0 Å². The molecule has 1 amide bonds. The van der Waals surface area contributed by atoms with Crippen LogP contribution in [0.15, 0.2) is 0 Å². The van der Waals surface area contributed by atoms with Gasteiger partial charge < -0.3 is 15.7 Å². The molecule has 2 aliphatic rings. The molecule has 1 aliphatic heterocycles. The average Bonchev–Trinajstić information content (AvgIpc) is 2.85. The number of hydrogen-bond acceptors (Lipinski definition) is 3. The van der Waals surface area contributed by atoms with Crippen LogP contribution in [0.3, 0.4) is 0 Å². The SMILES string of the molecule is CCC1CCC(O)(CNC(=O)C2(C)CCCN2)CC1. The van der Waals surface area contributed by atoms with Crippen LogP contribution in [-0.4, -0.2) is 35.2 Å². The lowest BCUT2D eigenvalue weighted by molar-refractivity contribution is -0.128. The minimum absolute atomic E-state index is 0.0380. The van der Waals surface area contributed by atoms with Crippen LogP contribution in [0.4, 0.5) is 0 Å². The first-order valence-corrected chi connectivity index (χ1v) is 7.73. The predicted molar refractivity (Wildman–Crippen MR) is 75.9 cm³/mol. The summed E-state index contributed by atoms with van der Waals surface area (Å²) >= 11 is 0. The van der Waals surface area contributed by atoms with E-state index in [4.69, 9.17) is 0 Å². The molecule has 1 atom stereocenters. The van der Waals surface area contributed by atoms with E-state index in [-0.39, 0.29) is 5.91 Å². The van der Waals surface area contributed by atoms with Gasteiger partial charge in [0, 0.05) is 6.54 Å². The summed E-state index contributed by atoms with van der Waals surface area (Å²) in [6.45, 7) is 5.47. The molecule has 0 spiro atoms. The molecule has 0 aromatic heterocycles. The van der Waals surface area contributed by atoms with Gasteiger partial charge in [0.15, 0.2) is 0 Å². The van der Waals surface area contributed by atoms with Crippen molar-refractivity contribution in [3.05, 3.63) is 0 Å². The smallest absolute Gasteiger partial charge is 0.240 e. The highest BCUT2D eigenvalue weighted by atomic mass is 16.3. The molecule has 3 N–H and O–H groups in total. The first-order chi connectivity index (χ1) is 8.97. The molecule has 1 unspecified atom stereocenters. The zero-order valence-corrected chi connectivity index (χ0v) is 12.3. The van der Waals surface area contributed by atoms with Crippen molar-refractivity contribution in [2.45, 2.75) is 69.9 Å². The standard InChI is InChI=1S/C15H28N2O2/c1-3-12-5-8-15(19,9-6-12)11-16-13(18)14(2)7-4-10-17-14/h12,17,19H,3-11H2,1-2H3,(H,16,18). The van der Waals surface area contributed by atoms with E-state index < -0.39 is 11.1 Å². The van der Waals surface area contributed by atoms with Crippen LogP contribution in [0.2, 0.25) is 0 Å². The molecule has 0 aromatic rings. The maximum atomic E-state index is 12.2. The zero-order valence-electron chi connectivity index (χ0n) is 12.3. The van der Waals surface area contributed by atoms with Gasteiger partial charge in [-0.25, -0.2) is 0 Å². The normalized spacial score (nSPS) is 39.2. The fraction of sp³-hybridized carbons (Fsp3) is 0.933. The predicted octanol–water partition coefficient (Wildman–Crippen LogP) is 1.58. The van der Waals surface area contributed by atoms with E-state index in [2.05, 4.69) is 17.6 Å². The maximum absolute atomic E-state index is 12.2. The Morgan fingerprint density at radius 2 is 2.05 bits per heavy atom. The molecule has 4 heteroatoms. The fourth-order valence-corrected chi connectivity index (χ4v) is 3.33. The molecule has 0 aromatic carbocycles. The van der Waals surface area contributed by atoms with Crippen molar-refractivity contribution in [2.24, 2.45) is 5.92 Å². The lowest BCUT2D eigenvalue weighted by Crippen LogP contribution is -2.55. The second kappa shape index (κ2) is 5.80. The molecular weight excluding hydrogens is 240 g/mol. The summed E-state index contributed by atoms with van der Waals surface area (Å²) in [5.74, 6) is 0.793. The van der Waals surface area contributed by atoms with Crippen molar-refractivity contribution in [1.82, 2.24) is 10.6 Å². The van der Waals surface area contributed by atoms with Crippen molar-refractivity contribution < 1.29 is 9.90 Å². The number of hydrogen-bond donors (Lipinski definition) is 3. The highest BCUT2D eigenvalue weighted by molar-refractivity contribution is 5.86. The van der Waals surface area contributed by atoms with Crippen LogP contribution in [-0.2, 0) is 4.79 Å². The third-order valence-corrected chi connectivity index (χ3v) is 5.06. The van der Waals surface area contributed by atoms with Gasteiger partial charge in [0.1, 0.15) is 0 Å². The Balaban J connectivity index is 1.80. The van der Waals surface area contributed by atoms with Crippen molar-refractivity contribution >= 4 is 5.91 Å². The van der Waals surface area contributed by atoms with E-state index in [0.717, 1.165) is 51.0 Å². The van der Waals surface area contributed by atoms with Gasteiger partial charge in [-0.15, -0.1) is 0 Å². The summed E-state index contributed by atoms with van der Waals surface area (Å²) < 4.78 is 0. The molecule has 1 aliphatic carbocycles. The van der Waals surface area contributed by atoms with E-state index in [0.29, 0.717) is 6.54 Å². The van der Waals surface area contributed by atoms with Crippen molar-refractivity contribution in [3.8, 4) is 0 Å². The summed E-state index contributed by atoms with van der Waals surface area (Å²) in [6.07, 6.45) is 6.93. The largest absolute Gasteiger partial charge is 0.388 e. The Kier molecular flexibility index (Phi) is 4.51. The highest BCUT2D eigenvalue weighted by Crippen LogP contribution is 2.33. The summed E-state index contributed by atoms with van der Waals surface area (Å²) in [7, 11) is 0. The zero-order chi connectivity index (χ0) is 13.9. The van der Waals surface area contributed by atoms with Crippen LogP contribution in [0, 0.1) is 5.92 Å². The quantitative estimate of drug-likeness (QED) is 0.725. The van der Waals surface area contributed by atoms with Crippen LogP contribution in [0.25, 0.3) is 0 Å². The van der Waals surface area contributed by atoms with Gasteiger partial charge in [0.25, 0.3) is 0 Å². The molecule has 1 saturated heterocycles. The maximum Gasteiger partial charge on any atom is 0.240 e. The van der Waals surface area contributed by atoms with E-state index in [1.54, 1.807) is 0 Å². The molecule has 2 rings (SSSR count). The van der Waals surface area contributed by atoms with E-state index in [1.165, 1.54) is 6.42 Å². The minimum Gasteiger partial charge on any atom is -0.388 e. The molecular formula is C15H28N2O2. The Morgan fingerprint density at radius 1 is 1.37 bits per heavy atom. The lowest BCUT2D eigenvalue weighted by Gasteiger charge is -2.36. The second-order valence-corrected chi connectivity index (χ2v) is 6.62. The fourth-order valence-electron chi connectivity index (χ4n) is 3.33. The minimum atomic E-state index is -0.684. The Morgan fingerprint density at radius 3 is 2.58 bits per heavy atom. The number of aliphatic hydroxyl groups is 1. The molecule has 0 bridgehead atoms. The molecule has 0 radical (unpaired) electrons. The molecule has 1 saturated carbocycles. The van der Waals surface area contributed by atoms with Gasteiger partial charge in [-0.2, -0.15) is 0 Å². The van der Waals surface area contributed by atoms with Crippen LogP contribution < -0.4 is 10.6 Å². The molecule has 19 heavy (non-hydrogen) atoms. The van der Waals surface area contributed by atoms with E-state index in [1.807, 2.05) is 6.92 Å². The number of rotatable bonds is 4. The van der Waals surface area contributed by atoms with Crippen LogP contribution in [0.1, 0.15) is 58.8 Å². The van der Waals surface area contributed by atoms with E-state index >= 15 is 0 Å². The first-order valence-electron chi connectivity index (χ1n) is 7.73. The van der Waals surface area contributed by atoms with Crippen LogP contribution >= 0.6 is 0 Å². The van der Waals surface area contributed by atoms with Gasteiger partial charge in [-0.3, -0.25) is 4.79 Å². The van der Waals surface area contributed by atoms with Crippen molar-refractivity contribution in [2.75, 3.05) is 13.1 Å². The highest BCUT2D eigenvalue weighted by Gasteiger charge is 2.38. The van der Waals surface area contributed by atoms with Crippen LogP contribution in [0.5, 0.6) is 0 Å². The van der Waals surface area contributed by atoms with Gasteiger partial charge in [-0.05, 0) is 57.9 Å². The molecule has 2 fully saturated rings. The van der Waals surface area contributed by atoms with Gasteiger partial charge in [-0.1, -0.05) is 13.3 Å². The van der Waals surface area contributed by atoms with Gasteiger partial charge in [0.05, 0.1) is 11.1 Å². The van der Waals surface area contributed by atoms with Gasteiger partial charge >= 0.3 is 0 Å². The second-order valence-electron chi connectivity index (χ2n) is 6.62. The third-order valence-electron chi connectivity index (χ3n) is 5.06. The Bertz CT molecular complexity index is 316. The summed E-state index contributed by atoms with van der Waals surface area (Å²) in [5, 5.41) is 16.7. The molecule has 110 valence electrons.